The Kier molecular flexibility index (Phi) is 5.41. The number of carbonyl (C=O) groups is 1. The Morgan fingerprint density at radius 2 is 2.22 bits per heavy atom. The van der Waals surface area contributed by atoms with Crippen LogP contribution in [0.15, 0.2) is 0 Å². The van der Waals surface area contributed by atoms with Gasteiger partial charge in [-0.05, 0) is 19.8 Å². The molecule has 5 nitrogen and oxygen atoms in total. The van der Waals surface area contributed by atoms with Crippen LogP contribution in [0.3, 0.4) is 0 Å². The van der Waals surface area contributed by atoms with Crippen molar-refractivity contribution in [2.75, 3.05) is 52.4 Å². The van der Waals surface area contributed by atoms with Gasteiger partial charge in [0.05, 0.1) is 12.6 Å². The van der Waals surface area contributed by atoms with E-state index in [2.05, 4.69) is 10.2 Å². The van der Waals surface area contributed by atoms with Gasteiger partial charge in [-0.2, -0.15) is 0 Å². The second-order valence-corrected chi connectivity index (χ2v) is 5.09. The second-order valence-electron chi connectivity index (χ2n) is 5.09. The van der Waals surface area contributed by atoms with Crippen molar-refractivity contribution in [2.45, 2.75) is 25.9 Å². The first-order valence-corrected chi connectivity index (χ1v) is 7.12. The summed E-state index contributed by atoms with van der Waals surface area (Å²) >= 11 is 0. The van der Waals surface area contributed by atoms with Crippen LogP contribution < -0.4 is 5.32 Å². The SMILES string of the molecule is CCN(CC1CCCO1)C(=O)CN1CCNCC1. The average Bonchev–Trinajstić information content (AvgIpc) is 2.90. The number of hydrogen-bond donors (Lipinski definition) is 1. The van der Waals surface area contributed by atoms with Crippen LogP contribution in [0, 0.1) is 0 Å². The van der Waals surface area contributed by atoms with E-state index in [1.54, 1.807) is 0 Å². The van der Waals surface area contributed by atoms with E-state index >= 15 is 0 Å². The maximum absolute atomic E-state index is 12.2. The highest BCUT2D eigenvalue weighted by atomic mass is 16.5. The van der Waals surface area contributed by atoms with Crippen molar-refractivity contribution in [1.29, 1.82) is 0 Å². The Hall–Kier alpha value is -0.650. The fourth-order valence-corrected chi connectivity index (χ4v) is 2.60. The van der Waals surface area contributed by atoms with E-state index < -0.39 is 0 Å². The highest BCUT2D eigenvalue weighted by Gasteiger charge is 2.23. The number of ether oxygens (including phenoxy) is 1. The number of carbonyl (C=O) groups excluding carboxylic acids is 1. The first-order chi connectivity index (χ1) is 8.79. The molecule has 0 radical (unpaired) electrons. The highest BCUT2D eigenvalue weighted by molar-refractivity contribution is 5.78. The first kappa shape index (κ1) is 13.8. The largest absolute Gasteiger partial charge is 0.376 e. The van der Waals surface area contributed by atoms with Crippen LogP contribution in [-0.2, 0) is 9.53 Å². The van der Waals surface area contributed by atoms with E-state index in [-0.39, 0.29) is 12.0 Å². The molecule has 0 bridgehead atoms. The summed E-state index contributed by atoms with van der Waals surface area (Å²) in [6, 6.07) is 0. The molecule has 2 aliphatic rings. The van der Waals surface area contributed by atoms with Crippen molar-refractivity contribution in [2.24, 2.45) is 0 Å². The molecular weight excluding hydrogens is 230 g/mol. The number of piperazine rings is 1. The third-order valence-corrected chi connectivity index (χ3v) is 3.75. The van der Waals surface area contributed by atoms with Crippen LogP contribution >= 0.6 is 0 Å². The molecule has 2 saturated heterocycles. The van der Waals surface area contributed by atoms with E-state index in [1.165, 1.54) is 0 Å². The van der Waals surface area contributed by atoms with Crippen LogP contribution in [0.25, 0.3) is 0 Å². The number of nitrogens with zero attached hydrogens (tertiary/aromatic N) is 2. The van der Waals surface area contributed by atoms with Crippen molar-refractivity contribution < 1.29 is 9.53 Å². The maximum Gasteiger partial charge on any atom is 0.236 e. The van der Waals surface area contributed by atoms with Gasteiger partial charge in [-0.15, -0.1) is 0 Å². The summed E-state index contributed by atoms with van der Waals surface area (Å²) in [5, 5.41) is 3.30. The van der Waals surface area contributed by atoms with Crippen molar-refractivity contribution in [3.8, 4) is 0 Å². The van der Waals surface area contributed by atoms with Crippen LogP contribution in [0.4, 0.5) is 0 Å². The van der Waals surface area contributed by atoms with Gasteiger partial charge in [0.15, 0.2) is 0 Å². The fourth-order valence-electron chi connectivity index (χ4n) is 2.60. The van der Waals surface area contributed by atoms with Crippen LogP contribution in [0.2, 0.25) is 0 Å². The highest BCUT2D eigenvalue weighted by Crippen LogP contribution is 2.13. The van der Waals surface area contributed by atoms with Gasteiger partial charge >= 0.3 is 0 Å². The Balaban J connectivity index is 1.76. The molecule has 1 amide bonds. The minimum atomic E-state index is 0.245. The molecule has 0 saturated carbocycles. The van der Waals surface area contributed by atoms with E-state index in [1.807, 2.05) is 11.8 Å². The van der Waals surface area contributed by atoms with E-state index in [4.69, 9.17) is 4.74 Å². The molecule has 0 aromatic carbocycles. The minimum absolute atomic E-state index is 0.245. The smallest absolute Gasteiger partial charge is 0.236 e. The Morgan fingerprint density at radius 1 is 1.44 bits per heavy atom. The molecule has 2 fully saturated rings. The number of rotatable bonds is 5. The lowest BCUT2D eigenvalue weighted by Gasteiger charge is -2.30. The lowest BCUT2D eigenvalue weighted by molar-refractivity contribution is -0.133. The standard InChI is InChI=1S/C13H25N3O2/c1-2-16(10-12-4-3-9-18-12)13(17)11-15-7-5-14-6-8-15/h12,14H,2-11H2,1H3. The van der Waals surface area contributed by atoms with E-state index in [0.29, 0.717) is 6.54 Å². The van der Waals surface area contributed by atoms with Crippen LogP contribution in [0.5, 0.6) is 0 Å². The molecule has 1 unspecified atom stereocenters. The van der Waals surface area contributed by atoms with Gasteiger partial charge < -0.3 is 15.0 Å². The third-order valence-electron chi connectivity index (χ3n) is 3.75. The zero-order valence-electron chi connectivity index (χ0n) is 11.4. The van der Waals surface area contributed by atoms with E-state index in [0.717, 1.165) is 58.7 Å². The summed E-state index contributed by atoms with van der Waals surface area (Å²) in [6.45, 7) is 8.94. The molecule has 2 aliphatic heterocycles. The Labute approximate surface area is 109 Å². The predicted molar refractivity (Wildman–Crippen MR) is 70.5 cm³/mol. The number of likely N-dealkylation sites (N-methyl/N-ethyl adjacent to an activating group) is 1. The molecule has 18 heavy (non-hydrogen) atoms. The molecule has 104 valence electrons. The Bertz CT molecular complexity index is 261. The normalized spacial score (nSPS) is 25.3. The summed E-state index contributed by atoms with van der Waals surface area (Å²) in [5.41, 5.74) is 0. The molecular formula is C13H25N3O2. The zero-order chi connectivity index (χ0) is 12.8. The molecule has 5 heteroatoms. The number of hydrogen-bond acceptors (Lipinski definition) is 4. The quantitative estimate of drug-likeness (QED) is 0.746. The molecule has 1 atom stereocenters. The van der Waals surface area contributed by atoms with Gasteiger partial charge in [-0.25, -0.2) is 0 Å². The second kappa shape index (κ2) is 7.07. The lowest BCUT2D eigenvalue weighted by atomic mass is 10.2. The van der Waals surface area contributed by atoms with Gasteiger partial charge in [0, 0.05) is 45.9 Å². The summed E-state index contributed by atoms with van der Waals surface area (Å²) in [5.74, 6) is 0.245. The molecule has 2 heterocycles. The molecule has 0 aromatic rings. The van der Waals surface area contributed by atoms with Crippen molar-refractivity contribution in [3.63, 3.8) is 0 Å². The summed E-state index contributed by atoms with van der Waals surface area (Å²) < 4.78 is 5.61. The van der Waals surface area contributed by atoms with Crippen LogP contribution in [-0.4, -0.2) is 74.2 Å². The van der Waals surface area contributed by atoms with Crippen molar-refractivity contribution in [1.82, 2.24) is 15.1 Å². The molecule has 2 rings (SSSR count). The van der Waals surface area contributed by atoms with Gasteiger partial charge in [-0.1, -0.05) is 0 Å². The average molecular weight is 255 g/mol. The Morgan fingerprint density at radius 3 is 2.83 bits per heavy atom. The van der Waals surface area contributed by atoms with Crippen molar-refractivity contribution >= 4 is 5.91 Å². The van der Waals surface area contributed by atoms with Gasteiger partial charge in [0.1, 0.15) is 0 Å². The van der Waals surface area contributed by atoms with E-state index in [9.17, 15) is 4.79 Å². The summed E-state index contributed by atoms with van der Waals surface area (Å²) in [4.78, 5) is 16.4. The number of amides is 1. The third kappa shape index (κ3) is 3.93. The maximum atomic E-state index is 12.2. The monoisotopic (exact) mass is 255 g/mol. The molecule has 0 aromatic heterocycles. The minimum Gasteiger partial charge on any atom is -0.376 e. The first-order valence-electron chi connectivity index (χ1n) is 7.12. The predicted octanol–water partition coefficient (Wildman–Crippen LogP) is -0.0809. The number of nitrogens with one attached hydrogen (secondary N) is 1. The molecule has 0 spiro atoms. The molecule has 1 N–H and O–H groups in total. The fraction of sp³-hybridized carbons (Fsp3) is 0.923. The van der Waals surface area contributed by atoms with Gasteiger partial charge in [0.2, 0.25) is 5.91 Å². The molecule has 0 aliphatic carbocycles. The zero-order valence-corrected chi connectivity index (χ0v) is 11.4. The van der Waals surface area contributed by atoms with Gasteiger partial charge in [0.25, 0.3) is 0 Å². The lowest BCUT2D eigenvalue weighted by Crippen LogP contribution is -2.49. The van der Waals surface area contributed by atoms with Crippen LogP contribution in [0.1, 0.15) is 19.8 Å². The summed E-state index contributed by atoms with van der Waals surface area (Å²) in [7, 11) is 0. The van der Waals surface area contributed by atoms with Gasteiger partial charge in [-0.3, -0.25) is 9.69 Å². The topological polar surface area (TPSA) is 44.8 Å². The summed E-state index contributed by atoms with van der Waals surface area (Å²) in [6.07, 6.45) is 2.49. The van der Waals surface area contributed by atoms with Crippen molar-refractivity contribution in [3.05, 3.63) is 0 Å².